The van der Waals surface area contributed by atoms with E-state index >= 15 is 0 Å². The van der Waals surface area contributed by atoms with Crippen molar-refractivity contribution >= 4 is 23.6 Å². The monoisotopic (exact) mass is 272 g/mol. The molecule has 5 heteroatoms. The molecule has 1 aliphatic rings. The SMILES string of the molecule is CSCCCCN1C(=O)C(C(C)C)NC(=O)C1C. The van der Waals surface area contributed by atoms with Crippen LogP contribution in [-0.2, 0) is 9.59 Å². The highest BCUT2D eigenvalue weighted by Crippen LogP contribution is 2.16. The molecule has 0 aliphatic carbocycles. The Hall–Kier alpha value is -0.710. The number of thioether (sulfide) groups is 1. The van der Waals surface area contributed by atoms with E-state index in [-0.39, 0.29) is 29.8 Å². The molecule has 2 atom stereocenters. The van der Waals surface area contributed by atoms with Crippen molar-refractivity contribution in [2.45, 2.75) is 45.7 Å². The maximum atomic E-state index is 12.3. The normalized spacial score (nSPS) is 24.6. The Labute approximate surface area is 114 Å². The number of nitrogens with one attached hydrogen (secondary N) is 1. The fraction of sp³-hybridized carbons (Fsp3) is 0.846. The first kappa shape index (κ1) is 15.3. The molecular weight excluding hydrogens is 248 g/mol. The summed E-state index contributed by atoms with van der Waals surface area (Å²) in [6.45, 7) is 6.42. The van der Waals surface area contributed by atoms with Gasteiger partial charge in [0.25, 0.3) is 0 Å². The van der Waals surface area contributed by atoms with Crippen molar-refractivity contribution in [3.8, 4) is 0 Å². The lowest BCUT2D eigenvalue weighted by Gasteiger charge is -2.38. The van der Waals surface area contributed by atoms with E-state index in [0.29, 0.717) is 6.54 Å². The van der Waals surface area contributed by atoms with Crippen LogP contribution in [0.5, 0.6) is 0 Å². The van der Waals surface area contributed by atoms with Crippen LogP contribution in [-0.4, -0.2) is 47.4 Å². The number of rotatable bonds is 6. The number of nitrogens with zero attached hydrogens (tertiary/aromatic N) is 1. The van der Waals surface area contributed by atoms with Crippen LogP contribution in [0.3, 0.4) is 0 Å². The van der Waals surface area contributed by atoms with Gasteiger partial charge in [-0.3, -0.25) is 9.59 Å². The molecule has 1 rings (SSSR count). The van der Waals surface area contributed by atoms with Gasteiger partial charge < -0.3 is 10.2 Å². The van der Waals surface area contributed by atoms with Crippen LogP contribution in [0.4, 0.5) is 0 Å². The lowest BCUT2D eigenvalue weighted by atomic mass is 9.98. The van der Waals surface area contributed by atoms with Gasteiger partial charge in [-0.2, -0.15) is 11.8 Å². The lowest BCUT2D eigenvalue weighted by Crippen LogP contribution is -2.63. The zero-order valence-corrected chi connectivity index (χ0v) is 12.5. The van der Waals surface area contributed by atoms with E-state index < -0.39 is 0 Å². The number of amides is 2. The summed E-state index contributed by atoms with van der Waals surface area (Å²) in [5.41, 5.74) is 0. The number of carbonyl (C=O) groups is 2. The molecule has 1 heterocycles. The highest BCUT2D eigenvalue weighted by atomic mass is 32.2. The molecule has 0 saturated carbocycles. The van der Waals surface area contributed by atoms with E-state index in [4.69, 9.17) is 0 Å². The highest BCUT2D eigenvalue weighted by molar-refractivity contribution is 7.98. The van der Waals surface area contributed by atoms with E-state index in [9.17, 15) is 9.59 Å². The molecule has 0 aromatic heterocycles. The van der Waals surface area contributed by atoms with Gasteiger partial charge in [0.2, 0.25) is 11.8 Å². The summed E-state index contributed by atoms with van der Waals surface area (Å²) in [4.78, 5) is 25.9. The van der Waals surface area contributed by atoms with Gasteiger partial charge in [0.15, 0.2) is 0 Å². The summed E-state index contributed by atoms with van der Waals surface area (Å²) >= 11 is 1.81. The number of hydrogen-bond acceptors (Lipinski definition) is 3. The van der Waals surface area contributed by atoms with E-state index in [1.807, 2.05) is 25.6 Å². The summed E-state index contributed by atoms with van der Waals surface area (Å²) < 4.78 is 0. The van der Waals surface area contributed by atoms with Crippen LogP contribution in [0.25, 0.3) is 0 Å². The molecular formula is C13H24N2O2S. The number of unbranched alkanes of at least 4 members (excludes halogenated alkanes) is 1. The van der Waals surface area contributed by atoms with Crippen LogP contribution >= 0.6 is 11.8 Å². The molecule has 1 saturated heterocycles. The van der Waals surface area contributed by atoms with Crippen LogP contribution in [0.1, 0.15) is 33.6 Å². The zero-order chi connectivity index (χ0) is 13.7. The minimum atomic E-state index is -0.353. The van der Waals surface area contributed by atoms with Gasteiger partial charge in [0.1, 0.15) is 12.1 Å². The molecule has 0 aromatic carbocycles. The summed E-state index contributed by atoms with van der Waals surface area (Å²) in [6.07, 6.45) is 4.14. The molecule has 0 aromatic rings. The van der Waals surface area contributed by atoms with Crippen molar-refractivity contribution < 1.29 is 9.59 Å². The Morgan fingerprint density at radius 3 is 2.56 bits per heavy atom. The standard InChI is InChI=1S/C13H24N2O2S/c1-9(2)11-13(17)15(7-5-6-8-18-4)10(3)12(16)14-11/h9-11H,5-8H2,1-4H3,(H,14,16). The third-order valence-corrected chi connectivity index (χ3v) is 4.05. The molecule has 2 amide bonds. The largest absolute Gasteiger partial charge is 0.342 e. The van der Waals surface area contributed by atoms with Gasteiger partial charge in [-0.1, -0.05) is 13.8 Å². The first-order valence-corrected chi connectivity index (χ1v) is 7.98. The van der Waals surface area contributed by atoms with Crippen LogP contribution in [0, 0.1) is 5.92 Å². The Bertz CT molecular complexity index is 307. The van der Waals surface area contributed by atoms with Gasteiger partial charge in [-0.05, 0) is 37.7 Å². The van der Waals surface area contributed by atoms with Crippen molar-refractivity contribution in [3.05, 3.63) is 0 Å². The topological polar surface area (TPSA) is 49.4 Å². The van der Waals surface area contributed by atoms with E-state index in [0.717, 1.165) is 18.6 Å². The smallest absolute Gasteiger partial charge is 0.246 e. The Morgan fingerprint density at radius 1 is 1.33 bits per heavy atom. The molecule has 1 aliphatic heterocycles. The second-order valence-electron chi connectivity index (χ2n) is 5.14. The van der Waals surface area contributed by atoms with Gasteiger partial charge >= 0.3 is 0 Å². The fourth-order valence-corrected chi connectivity index (χ4v) is 2.62. The Balaban J connectivity index is 2.61. The number of carbonyl (C=O) groups excluding carboxylic acids is 2. The maximum Gasteiger partial charge on any atom is 0.246 e. The first-order chi connectivity index (χ1) is 8.49. The summed E-state index contributed by atoms with van der Waals surface area (Å²) in [5, 5.41) is 2.81. The molecule has 0 spiro atoms. The average Bonchev–Trinajstić information content (AvgIpc) is 2.32. The zero-order valence-electron chi connectivity index (χ0n) is 11.7. The van der Waals surface area contributed by atoms with Crippen molar-refractivity contribution in [1.29, 1.82) is 0 Å². The van der Waals surface area contributed by atoms with Crippen molar-refractivity contribution in [2.75, 3.05) is 18.6 Å². The quantitative estimate of drug-likeness (QED) is 0.746. The molecule has 0 radical (unpaired) electrons. The van der Waals surface area contributed by atoms with Crippen molar-refractivity contribution in [3.63, 3.8) is 0 Å². The van der Waals surface area contributed by atoms with Crippen molar-refractivity contribution in [2.24, 2.45) is 5.92 Å². The van der Waals surface area contributed by atoms with E-state index in [1.165, 1.54) is 0 Å². The summed E-state index contributed by atoms with van der Waals surface area (Å²) in [6, 6.07) is -0.684. The second kappa shape index (κ2) is 7.02. The van der Waals surface area contributed by atoms with Crippen molar-refractivity contribution in [1.82, 2.24) is 10.2 Å². The average molecular weight is 272 g/mol. The van der Waals surface area contributed by atoms with E-state index in [2.05, 4.69) is 11.6 Å². The lowest BCUT2D eigenvalue weighted by molar-refractivity contribution is -0.149. The van der Waals surface area contributed by atoms with Gasteiger partial charge in [0, 0.05) is 6.54 Å². The maximum absolute atomic E-state index is 12.3. The summed E-state index contributed by atoms with van der Waals surface area (Å²) in [5.74, 6) is 1.29. The fourth-order valence-electron chi connectivity index (χ4n) is 2.13. The minimum absolute atomic E-state index is 0.0295. The van der Waals surface area contributed by atoms with Gasteiger partial charge in [-0.15, -0.1) is 0 Å². The molecule has 0 bridgehead atoms. The number of piperazine rings is 1. The van der Waals surface area contributed by atoms with Crippen LogP contribution in [0.15, 0.2) is 0 Å². The number of hydrogen-bond donors (Lipinski definition) is 1. The molecule has 1 fully saturated rings. The van der Waals surface area contributed by atoms with E-state index in [1.54, 1.807) is 11.8 Å². The second-order valence-corrected chi connectivity index (χ2v) is 6.12. The molecule has 104 valence electrons. The highest BCUT2D eigenvalue weighted by Gasteiger charge is 2.38. The molecule has 18 heavy (non-hydrogen) atoms. The predicted octanol–water partition coefficient (Wildman–Crippen LogP) is 1.50. The molecule has 2 unspecified atom stereocenters. The summed E-state index contributed by atoms with van der Waals surface area (Å²) in [7, 11) is 0. The van der Waals surface area contributed by atoms with Crippen LogP contribution < -0.4 is 5.32 Å². The molecule has 4 nitrogen and oxygen atoms in total. The predicted molar refractivity (Wildman–Crippen MR) is 75.6 cm³/mol. The minimum Gasteiger partial charge on any atom is -0.342 e. The van der Waals surface area contributed by atoms with Gasteiger partial charge in [0.05, 0.1) is 0 Å². The Kier molecular flexibility index (Phi) is 5.99. The first-order valence-electron chi connectivity index (χ1n) is 6.58. The third-order valence-electron chi connectivity index (χ3n) is 3.36. The molecule has 1 N–H and O–H groups in total. The van der Waals surface area contributed by atoms with Crippen LogP contribution in [0.2, 0.25) is 0 Å². The third kappa shape index (κ3) is 3.64. The Morgan fingerprint density at radius 2 is 2.00 bits per heavy atom. The van der Waals surface area contributed by atoms with Gasteiger partial charge in [-0.25, -0.2) is 0 Å².